The van der Waals surface area contributed by atoms with Gasteiger partial charge in [0.15, 0.2) is 0 Å². The molecular formula is C16H13BrClFN2. The van der Waals surface area contributed by atoms with Gasteiger partial charge in [0.25, 0.3) is 0 Å². The smallest absolute Gasteiger partial charge is 0.137 e. The van der Waals surface area contributed by atoms with Gasteiger partial charge in [0.05, 0.1) is 27.1 Å². The van der Waals surface area contributed by atoms with E-state index in [0.717, 1.165) is 33.7 Å². The summed E-state index contributed by atoms with van der Waals surface area (Å²) in [4.78, 5) is 4.62. The van der Waals surface area contributed by atoms with E-state index in [9.17, 15) is 4.39 Å². The third kappa shape index (κ3) is 2.36. The maximum atomic E-state index is 13.7. The van der Waals surface area contributed by atoms with E-state index in [2.05, 4.69) is 20.9 Å². The minimum absolute atomic E-state index is 0.274. The zero-order chi connectivity index (χ0) is 15.1. The van der Waals surface area contributed by atoms with E-state index in [1.165, 1.54) is 6.07 Å². The summed E-state index contributed by atoms with van der Waals surface area (Å²) in [6.07, 6.45) is 0. The number of alkyl halides is 1. The number of fused-ring (bicyclic) bond motifs is 1. The Morgan fingerprint density at radius 3 is 2.71 bits per heavy atom. The minimum atomic E-state index is -0.274. The monoisotopic (exact) mass is 366 g/mol. The summed E-state index contributed by atoms with van der Waals surface area (Å²) < 4.78 is 16.1. The highest BCUT2D eigenvalue weighted by molar-refractivity contribution is 9.10. The Morgan fingerprint density at radius 2 is 2.00 bits per heavy atom. The number of nitrogens with zero attached hydrogens (tertiary/aromatic N) is 2. The molecule has 21 heavy (non-hydrogen) atoms. The van der Waals surface area contributed by atoms with Gasteiger partial charge in [-0.05, 0) is 59.1 Å². The van der Waals surface area contributed by atoms with Gasteiger partial charge in [0.2, 0.25) is 0 Å². The van der Waals surface area contributed by atoms with Crippen LogP contribution in [0.25, 0.3) is 16.7 Å². The highest BCUT2D eigenvalue weighted by Gasteiger charge is 2.16. The zero-order valence-electron chi connectivity index (χ0n) is 11.6. The van der Waals surface area contributed by atoms with Crippen molar-refractivity contribution in [3.05, 3.63) is 57.6 Å². The molecule has 0 atom stereocenters. The molecule has 0 saturated carbocycles. The van der Waals surface area contributed by atoms with Crippen molar-refractivity contribution in [2.75, 3.05) is 0 Å². The van der Waals surface area contributed by atoms with Crippen molar-refractivity contribution in [1.29, 1.82) is 0 Å². The molecule has 0 aliphatic rings. The molecule has 0 aliphatic heterocycles. The number of halogens is 3. The number of aryl methyl sites for hydroxylation is 2. The van der Waals surface area contributed by atoms with Crippen LogP contribution < -0.4 is 0 Å². The van der Waals surface area contributed by atoms with Crippen molar-refractivity contribution >= 4 is 38.6 Å². The predicted octanol–water partition coefficient (Wildman–Crippen LogP) is 5.28. The maximum Gasteiger partial charge on any atom is 0.137 e. The van der Waals surface area contributed by atoms with Gasteiger partial charge in [-0.1, -0.05) is 12.1 Å². The second-order valence-corrected chi connectivity index (χ2v) is 6.11. The van der Waals surface area contributed by atoms with Gasteiger partial charge in [0, 0.05) is 0 Å². The molecule has 0 saturated heterocycles. The second kappa shape index (κ2) is 5.43. The van der Waals surface area contributed by atoms with Crippen LogP contribution in [0.2, 0.25) is 0 Å². The fraction of sp³-hybridized carbons (Fsp3) is 0.188. The quantitative estimate of drug-likeness (QED) is 0.563. The van der Waals surface area contributed by atoms with Crippen molar-refractivity contribution in [2.24, 2.45) is 0 Å². The Balaban J connectivity index is 2.39. The van der Waals surface area contributed by atoms with Crippen molar-refractivity contribution in [1.82, 2.24) is 9.55 Å². The summed E-state index contributed by atoms with van der Waals surface area (Å²) in [7, 11) is 0. The van der Waals surface area contributed by atoms with E-state index in [-0.39, 0.29) is 5.82 Å². The van der Waals surface area contributed by atoms with Crippen LogP contribution in [0.1, 0.15) is 17.0 Å². The predicted molar refractivity (Wildman–Crippen MR) is 87.8 cm³/mol. The Labute approximate surface area is 135 Å². The number of hydrogen-bond acceptors (Lipinski definition) is 1. The van der Waals surface area contributed by atoms with Crippen molar-refractivity contribution in [2.45, 2.75) is 19.7 Å². The molecule has 2 aromatic carbocycles. The van der Waals surface area contributed by atoms with Gasteiger partial charge in [0.1, 0.15) is 11.6 Å². The molecule has 3 rings (SSSR count). The van der Waals surface area contributed by atoms with Gasteiger partial charge in [-0.2, -0.15) is 0 Å². The third-order valence-electron chi connectivity index (χ3n) is 3.56. The van der Waals surface area contributed by atoms with Crippen LogP contribution in [-0.2, 0) is 5.88 Å². The van der Waals surface area contributed by atoms with Crippen LogP contribution in [0.15, 0.2) is 34.8 Å². The van der Waals surface area contributed by atoms with Crippen molar-refractivity contribution < 1.29 is 4.39 Å². The van der Waals surface area contributed by atoms with Gasteiger partial charge in [-0.15, -0.1) is 11.6 Å². The largest absolute Gasteiger partial charge is 0.295 e. The molecule has 0 N–H and O–H groups in total. The van der Waals surface area contributed by atoms with E-state index in [0.29, 0.717) is 10.4 Å². The number of benzene rings is 2. The lowest BCUT2D eigenvalue weighted by Crippen LogP contribution is -2.02. The topological polar surface area (TPSA) is 17.8 Å². The lowest BCUT2D eigenvalue weighted by molar-refractivity contribution is 0.619. The van der Waals surface area contributed by atoms with E-state index in [1.54, 1.807) is 6.07 Å². The molecule has 0 radical (unpaired) electrons. The molecule has 0 bridgehead atoms. The van der Waals surface area contributed by atoms with Gasteiger partial charge >= 0.3 is 0 Å². The number of imidazole rings is 1. The first-order valence-electron chi connectivity index (χ1n) is 6.52. The van der Waals surface area contributed by atoms with Crippen LogP contribution in [0.4, 0.5) is 4.39 Å². The van der Waals surface area contributed by atoms with Crippen LogP contribution in [-0.4, -0.2) is 9.55 Å². The Hall–Kier alpha value is -1.39. The Bertz CT molecular complexity index is 842. The molecule has 1 heterocycles. The molecule has 1 aromatic heterocycles. The fourth-order valence-corrected chi connectivity index (χ4v) is 3.03. The summed E-state index contributed by atoms with van der Waals surface area (Å²) in [5.74, 6) is 0.773. The number of hydrogen-bond donors (Lipinski definition) is 0. The standard InChI is InChI=1S/C16H13BrClFN2/c1-9-4-3-5-13-16(9)20-15(8-18)21(13)14-7-11(17)12(19)6-10(14)2/h3-7H,8H2,1-2H3. The van der Waals surface area contributed by atoms with Gasteiger partial charge in [-0.25, -0.2) is 9.37 Å². The number of rotatable bonds is 2. The molecule has 5 heteroatoms. The maximum absolute atomic E-state index is 13.7. The summed E-state index contributed by atoms with van der Waals surface area (Å²) in [6, 6.07) is 9.29. The molecule has 0 amide bonds. The van der Waals surface area contributed by atoms with Crippen LogP contribution in [0.3, 0.4) is 0 Å². The third-order valence-corrected chi connectivity index (χ3v) is 4.40. The molecule has 0 aliphatic carbocycles. The second-order valence-electron chi connectivity index (χ2n) is 4.99. The number of para-hydroxylation sites is 1. The first kappa shape index (κ1) is 14.5. The normalized spacial score (nSPS) is 11.3. The lowest BCUT2D eigenvalue weighted by Gasteiger charge is -2.12. The molecule has 2 nitrogen and oxygen atoms in total. The molecule has 0 unspecified atom stereocenters. The summed E-state index contributed by atoms with van der Waals surface area (Å²) in [6.45, 7) is 3.90. The van der Waals surface area contributed by atoms with E-state index >= 15 is 0 Å². The van der Waals surface area contributed by atoms with Crippen LogP contribution >= 0.6 is 27.5 Å². The Morgan fingerprint density at radius 1 is 1.24 bits per heavy atom. The fourth-order valence-electron chi connectivity index (χ4n) is 2.52. The van der Waals surface area contributed by atoms with E-state index < -0.39 is 0 Å². The summed E-state index contributed by atoms with van der Waals surface area (Å²) in [5, 5.41) is 0. The zero-order valence-corrected chi connectivity index (χ0v) is 14.0. The van der Waals surface area contributed by atoms with Crippen molar-refractivity contribution in [3.63, 3.8) is 0 Å². The summed E-state index contributed by atoms with van der Waals surface area (Å²) >= 11 is 9.31. The highest BCUT2D eigenvalue weighted by Crippen LogP contribution is 2.29. The SMILES string of the molecule is Cc1cc(F)c(Br)cc1-n1c(CCl)nc2c(C)cccc21. The average molecular weight is 368 g/mol. The molecule has 0 fully saturated rings. The molecule has 0 spiro atoms. The summed E-state index contributed by atoms with van der Waals surface area (Å²) in [5.41, 5.74) is 4.71. The van der Waals surface area contributed by atoms with Crippen molar-refractivity contribution in [3.8, 4) is 5.69 Å². The lowest BCUT2D eigenvalue weighted by atomic mass is 10.1. The number of aromatic nitrogens is 2. The van der Waals surface area contributed by atoms with Crippen LogP contribution in [0, 0.1) is 19.7 Å². The molecule has 108 valence electrons. The van der Waals surface area contributed by atoms with E-state index in [1.807, 2.05) is 36.6 Å². The molecular weight excluding hydrogens is 355 g/mol. The van der Waals surface area contributed by atoms with Crippen LogP contribution in [0.5, 0.6) is 0 Å². The van der Waals surface area contributed by atoms with Gasteiger partial charge < -0.3 is 0 Å². The van der Waals surface area contributed by atoms with Gasteiger partial charge in [-0.3, -0.25) is 4.57 Å². The minimum Gasteiger partial charge on any atom is -0.295 e. The Kier molecular flexibility index (Phi) is 3.76. The average Bonchev–Trinajstić information content (AvgIpc) is 2.83. The molecule has 3 aromatic rings. The highest BCUT2D eigenvalue weighted by atomic mass is 79.9. The van der Waals surface area contributed by atoms with E-state index in [4.69, 9.17) is 11.6 Å². The first-order chi connectivity index (χ1) is 10.0. The first-order valence-corrected chi connectivity index (χ1v) is 7.84.